The number of benzene rings is 2. The van der Waals surface area contributed by atoms with Crippen LogP contribution in [0.3, 0.4) is 0 Å². The molecule has 1 unspecified atom stereocenters. The fourth-order valence-corrected chi connectivity index (χ4v) is 5.20. The summed E-state index contributed by atoms with van der Waals surface area (Å²) in [7, 11) is 0. The molecule has 1 fully saturated rings. The standard InChI is InChI=1S/C25H26F4N4O/c1-13(16-5-4-8-20(22(16)26)25(27,28)29)30-24-19-11-21(33-10-9-15(34)12-33)17-6-3-7-18(17)23(19)31-14(2)32-24/h4-5,8,11,13,15,34H,3,6-7,9-10,12H2,1-2H3,(H,30,31,32)/t13?,15-/m1/s1. The number of aromatic nitrogens is 2. The normalized spacial score (nSPS) is 19.0. The number of aliphatic hydroxyl groups is 1. The largest absolute Gasteiger partial charge is 0.419 e. The number of alkyl halides is 3. The Morgan fingerprint density at radius 2 is 1.94 bits per heavy atom. The molecule has 0 radical (unpaired) electrons. The molecule has 3 aromatic rings. The lowest BCUT2D eigenvalue weighted by Gasteiger charge is -2.24. The average molecular weight is 475 g/mol. The van der Waals surface area contributed by atoms with Gasteiger partial charge in [-0.1, -0.05) is 12.1 Å². The number of hydrogen-bond donors (Lipinski definition) is 2. The Hall–Kier alpha value is -2.94. The third-order valence-corrected chi connectivity index (χ3v) is 6.81. The molecule has 2 N–H and O–H groups in total. The number of anilines is 2. The topological polar surface area (TPSA) is 61.3 Å². The first-order valence-electron chi connectivity index (χ1n) is 11.5. The number of halogens is 4. The zero-order valence-corrected chi connectivity index (χ0v) is 19.0. The van der Waals surface area contributed by atoms with Crippen molar-refractivity contribution in [3.8, 4) is 0 Å². The lowest BCUT2D eigenvalue weighted by Crippen LogP contribution is -2.22. The van der Waals surface area contributed by atoms with Gasteiger partial charge in [-0.05, 0) is 62.8 Å². The molecule has 2 aliphatic rings. The van der Waals surface area contributed by atoms with Crippen molar-refractivity contribution >= 4 is 22.4 Å². The number of fused-ring (bicyclic) bond motifs is 3. The van der Waals surface area contributed by atoms with Gasteiger partial charge in [0.05, 0.1) is 23.2 Å². The highest BCUT2D eigenvalue weighted by Crippen LogP contribution is 2.41. The van der Waals surface area contributed by atoms with Crippen molar-refractivity contribution < 1.29 is 22.7 Å². The minimum absolute atomic E-state index is 0.0803. The van der Waals surface area contributed by atoms with E-state index >= 15 is 0 Å². The summed E-state index contributed by atoms with van der Waals surface area (Å²) in [5.74, 6) is -0.287. The number of aliphatic hydroxyl groups excluding tert-OH is 1. The van der Waals surface area contributed by atoms with Crippen LogP contribution in [-0.2, 0) is 19.0 Å². The Morgan fingerprint density at radius 3 is 2.65 bits per heavy atom. The number of nitrogens with one attached hydrogen (secondary N) is 1. The Kier molecular flexibility index (Phi) is 5.62. The molecule has 1 aliphatic carbocycles. The van der Waals surface area contributed by atoms with Crippen LogP contribution in [0.25, 0.3) is 10.9 Å². The van der Waals surface area contributed by atoms with Crippen molar-refractivity contribution in [2.75, 3.05) is 23.3 Å². The Morgan fingerprint density at radius 1 is 1.18 bits per heavy atom. The van der Waals surface area contributed by atoms with Gasteiger partial charge in [0.15, 0.2) is 0 Å². The van der Waals surface area contributed by atoms with Crippen LogP contribution in [0, 0.1) is 12.7 Å². The summed E-state index contributed by atoms with van der Waals surface area (Å²) >= 11 is 0. The summed E-state index contributed by atoms with van der Waals surface area (Å²) in [4.78, 5) is 11.4. The zero-order valence-electron chi connectivity index (χ0n) is 19.0. The van der Waals surface area contributed by atoms with Crippen LogP contribution < -0.4 is 10.2 Å². The molecule has 5 nitrogen and oxygen atoms in total. The molecule has 2 aromatic carbocycles. The van der Waals surface area contributed by atoms with Crippen LogP contribution in [0.2, 0.25) is 0 Å². The summed E-state index contributed by atoms with van der Waals surface area (Å²) < 4.78 is 54.4. The molecule has 180 valence electrons. The van der Waals surface area contributed by atoms with E-state index in [-0.39, 0.29) is 11.7 Å². The van der Waals surface area contributed by atoms with Gasteiger partial charge in [0, 0.05) is 29.7 Å². The lowest BCUT2D eigenvalue weighted by molar-refractivity contribution is -0.140. The fourth-order valence-electron chi connectivity index (χ4n) is 5.20. The highest BCUT2D eigenvalue weighted by atomic mass is 19.4. The van der Waals surface area contributed by atoms with E-state index in [0.717, 1.165) is 54.0 Å². The van der Waals surface area contributed by atoms with E-state index in [9.17, 15) is 22.7 Å². The van der Waals surface area contributed by atoms with Gasteiger partial charge in [0.1, 0.15) is 17.5 Å². The molecule has 0 spiro atoms. The molecule has 0 amide bonds. The maximum absolute atomic E-state index is 14.8. The summed E-state index contributed by atoms with van der Waals surface area (Å²) in [6.07, 6.45) is -1.62. The molecular formula is C25H26F4N4O. The van der Waals surface area contributed by atoms with E-state index in [0.29, 0.717) is 24.6 Å². The second kappa shape index (κ2) is 8.37. The second-order valence-electron chi connectivity index (χ2n) is 9.18. The van der Waals surface area contributed by atoms with E-state index in [1.807, 2.05) is 6.07 Å². The van der Waals surface area contributed by atoms with Crippen molar-refractivity contribution in [2.24, 2.45) is 0 Å². The molecule has 1 aromatic heterocycles. The van der Waals surface area contributed by atoms with Gasteiger partial charge < -0.3 is 15.3 Å². The minimum Gasteiger partial charge on any atom is -0.391 e. The third-order valence-electron chi connectivity index (χ3n) is 6.81. The van der Waals surface area contributed by atoms with Crippen molar-refractivity contribution in [2.45, 2.75) is 57.9 Å². The van der Waals surface area contributed by atoms with Crippen LogP contribution in [-0.4, -0.2) is 34.3 Å². The number of β-amino-alcohol motifs (C(OH)–C–C–N with tert-alkyl or cyclic N) is 1. The molecule has 2 heterocycles. The SMILES string of the molecule is Cc1nc(NC(C)c2cccc(C(F)(F)F)c2F)c2cc(N3CC[C@@H](O)C3)c3c(c2n1)CCC3. The predicted molar refractivity (Wildman–Crippen MR) is 123 cm³/mol. The molecule has 0 bridgehead atoms. The van der Waals surface area contributed by atoms with Crippen molar-refractivity contribution in [3.63, 3.8) is 0 Å². The third kappa shape index (κ3) is 3.96. The van der Waals surface area contributed by atoms with Crippen molar-refractivity contribution in [3.05, 3.63) is 58.2 Å². The predicted octanol–water partition coefficient (Wildman–Crippen LogP) is 5.33. The quantitative estimate of drug-likeness (QED) is 0.501. The smallest absolute Gasteiger partial charge is 0.391 e. The van der Waals surface area contributed by atoms with Crippen LogP contribution in [0.5, 0.6) is 0 Å². The fraction of sp³-hybridized carbons (Fsp3) is 0.440. The van der Waals surface area contributed by atoms with Gasteiger partial charge in [-0.25, -0.2) is 14.4 Å². The van der Waals surface area contributed by atoms with E-state index in [4.69, 9.17) is 4.98 Å². The first-order valence-corrected chi connectivity index (χ1v) is 11.5. The summed E-state index contributed by atoms with van der Waals surface area (Å²) in [5, 5.41) is 14.0. The van der Waals surface area contributed by atoms with E-state index < -0.39 is 23.6 Å². The second-order valence-corrected chi connectivity index (χ2v) is 9.18. The van der Waals surface area contributed by atoms with Crippen LogP contribution in [0.1, 0.15) is 53.9 Å². The number of nitrogens with zero attached hydrogens (tertiary/aromatic N) is 3. The highest BCUT2D eigenvalue weighted by Gasteiger charge is 2.35. The molecular weight excluding hydrogens is 448 g/mol. The van der Waals surface area contributed by atoms with E-state index in [2.05, 4.69) is 15.2 Å². The summed E-state index contributed by atoms with van der Waals surface area (Å²) in [6, 6.07) is 4.56. The summed E-state index contributed by atoms with van der Waals surface area (Å²) in [6.45, 7) is 4.69. The van der Waals surface area contributed by atoms with Gasteiger partial charge in [0.25, 0.3) is 0 Å². The lowest BCUT2D eigenvalue weighted by atomic mass is 10.0. The average Bonchev–Trinajstić information content (AvgIpc) is 3.42. The first kappa shape index (κ1) is 22.8. The van der Waals surface area contributed by atoms with Crippen molar-refractivity contribution in [1.29, 1.82) is 0 Å². The van der Waals surface area contributed by atoms with Gasteiger partial charge in [-0.15, -0.1) is 0 Å². The van der Waals surface area contributed by atoms with Crippen molar-refractivity contribution in [1.82, 2.24) is 9.97 Å². The number of aryl methyl sites for hydroxylation is 2. The molecule has 1 aliphatic heterocycles. The Labute approximate surface area is 194 Å². The molecule has 5 rings (SSSR count). The van der Waals surface area contributed by atoms with E-state index in [1.165, 1.54) is 17.7 Å². The Balaban J connectivity index is 1.59. The van der Waals surface area contributed by atoms with Gasteiger partial charge in [0.2, 0.25) is 0 Å². The monoisotopic (exact) mass is 474 g/mol. The van der Waals surface area contributed by atoms with Gasteiger partial charge in [-0.2, -0.15) is 13.2 Å². The Bertz CT molecular complexity index is 1260. The summed E-state index contributed by atoms with van der Waals surface area (Å²) in [5.41, 5.74) is 2.90. The van der Waals surface area contributed by atoms with Gasteiger partial charge in [-0.3, -0.25) is 0 Å². The molecule has 0 saturated carbocycles. The molecule has 9 heteroatoms. The maximum Gasteiger partial charge on any atom is 0.419 e. The minimum atomic E-state index is -4.77. The van der Waals surface area contributed by atoms with Gasteiger partial charge >= 0.3 is 6.18 Å². The van der Waals surface area contributed by atoms with Crippen LogP contribution in [0.15, 0.2) is 24.3 Å². The molecule has 1 saturated heterocycles. The maximum atomic E-state index is 14.8. The van der Waals surface area contributed by atoms with E-state index in [1.54, 1.807) is 13.8 Å². The van der Waals surface area contributed by atoms with Crippen LogP contribution >= 0.6 is 0 Å². The molecule has 2 atom stereocenters. The molecule has 34 heavy (non-hydrogen) atoms. The number of hydrogen-bond acceptors (Lipinski definition) is 5. The first-order chi connectivity index (χ1) is 16.1. The number of rotatable bonds is 4. The zero-order chi connectivity index (χ0) is 24.2. The highest BCUT2D eigenvalue weighted by molar-refractivity contribution is 5.96. The van der Waals surface area contributed by atoms with Crippen LogP contribution in [0.4, 0.5) is 29.1 Å².